The van der Waals surface area contributed by atoms with Gasteiger partial charge in [-0.25, -0.2) is 5.43 Å². The lowest BCUT2D eigenvalue weighted by Gasteiger charge is -2.26. The van der Waals surface area contributed by atoms with Crippen molar-refractivity contribution in [2.24, 2.45) is 5.92 Å². The van der Waals surface area contributed by atoms with Crippen molar-refractivity contribution in [1.29, 1.82) is 0 Å². The lowest BCUT2D eigenvalue weighted by Crippen LogP contribution is -2.42. The van der Waals surface area contributed by atoms with Gasteiger partial charge in [0.15, 0.2) is 0 Å². The minimum Gasteiger partial charge on any atom is -0.325 e. The minimum absolute atomic E-state index is 0.0788. The van der Waals surface area contributed by atoms with Crippen LogP contribution in [-0.4, -0.2) is 18.0 Å². The van der Waals surface area contributed by atoms with Crippen molar-refractivity contribution in [3.8, 4) is 0 Å². The van der Waals surface area contributed by atoms with Crippen molar-refractivity contribution in [3.05, 3.63) is 29.3 Å². The maximum atomic E-state index is 12.5. The van der Waals surface area contributed by atoms with E-state index in [4.69, 9.17) is 0 Å². The molecular formula is C16H23N3O. The quantitative estimate of drug-likeness (QED) is 0.775. The van der Waals surface area contributed by atoms with Crippen LogP contribution in [0.5, 0.6) is 0 Å². The summed E-state index contributed by atoms with van der Waals surface area (Å²) in [6, 6.07) is 6.41. The zero-order valence-corrected chi connectivity index (χ0v) is 12.2. The number of anilines is 1. The summed E-state index contributed by atoms with van der Waals surface area (Å²) in [5.74, 6) is 0.505. The Morgan fingerprint density at radius 1 is 1.15 bits per heavy atom. The molecular weight excluding hydrogens is 250 g/mol. The van der Waals surface area contributed by atoms with Gasteiger partial charge in [0.25, 0.3) is 0 Å². The van der Waals surface area contributed by atoms with Gasteiger partial charge in [0.05, 0.1) is 0 Å². The first kappa shape index (κ1) is 13.6. The van der Waals surface area contributed by atoms with Crippen molar-refractivity contribution >= 4 is 11.6 Å². The molecule has 1 amide bonds. The average Bonchev–Trinajstić information content (AvgIpc) is 2.87. The van der Waals surface area contributed by atoms with E-state index in [0.717, 1.165) is 12.1 Å². The molecule has 1 saturated carbocycles. The molecule has 20 heavy (non-hydrogen) atoms. The third kappa shape index (κ3) is 2.58. The molecule has 3 rings (SSSR count). The number of nitrogens with one attached hydrogen (secondary N) is 3. The van der Waals surface area contributed by atoms with Crippen molar-refractivity contribution in [1.82, 2.24) is 10.9 Å². The SMILES string of the molecule is Cc1ccc(NC(=O)C2NNC3CCCCC32)cc1C. The highest BCUT2D eigenvalue weighted by molar-refractivity contribution is 5.95. The minimum atomic E-state index is -0.109. The summed E-state index contributed by atoms with van der Waals surface area (Å²) in [6.07, 6.45) is 4.81. The Morgan fingerprint density at radius 3 is 2.75 bits per heavy atom. The highest BCUT2D eigenvalue weighted by Gasteiger charge is 2.40. The van der Waals surface area contributed by atoms with Gasteiger partial charge in [0, 0.05) is 17.6 Å². The molecule has 0 radical (unpaired) electrons. The van der Waals surface area contributed by atoms with Crippen LogP contribution in [0.15, 0.2) is 18.2 Å². The fourth-order valence-electron chi connectivity index (χ4n) is 3.34. The third-order valence-corrected chi connectivity index (χ3v) is 4.73. The number of rotatable bonds is 2. The highest BCUT2D eigenvalue weighted by atomic mass is 16.2. The third-order valence-electron chi connectivity index (χ3n) is 4.73. The molecule has 3 atom stereocenters. The summed E-state index contributed by atoms with van der Waals surface area (Å²) in [4.78, 5) is 12.5. The summed E-state index contributed by atoms with van der Waals surface area (Å²) < 4.78 is 0. The van der Waals surface area contributed by atoms with E-state index in [1.165, 1.54) is 30.4 Å². The Kier molecular flexibility index (Phi) is 3.76. The van der Waals surface area contributed by atoms with Crippen LogP contribution >= 0.6 is 0 Å². The van der Waals surface area contributed by atoms with E-state index in [0.29, 0.717) is 12.0 Å². The molecule has 0 spiro atoms. The summed E-state index contributed by atoms with van der Waals surface area (Å²) in [6.45, 7) is 4.15. The van der Waals surface area contributed by atoms with Crippen LogP contribution in [-0.2, 0) is 4.79 Å². The molecule has 2 aliphatic rings. The molecule has 0 bridgehead atoms. The van der Waals surface area contributed by atoms with Gasteiger partial charge in [-0.05, 0) is 49.9 Å². The molecule has 3 N–H and O–H groups in total. The number of hydrogen-bond acceptors (Lipinski definition) is 3. The van der Waals surface area contributed by atoms with E-state index in [1.807, 2.05) is 12.1 Å². The van der Waals surface area contributed by atoms with Crippen LogP contribution in [0.4, 0.5) is 5.69 Å². The number of hydrogen-bond donors (Lipinski definition) is 3. The second-order valence-electron chi connectivity index (χ2n) is 6.11. The van der Waals surface area contributed by atoms with Crippen molar-refractivity contribution in [2.45, 2.75) is 51.6 Å². The van der Waals surface area contributed by atoms with Crippen molar-refractivity contribution in [3.63, 3.8) is 0 Å². The molecule has 2 fully saturated rings. The Bertz CT molecular complexity index is 514. The van der Waals surface area contributed by atoms with Crippen molar-refractivity contribution in [2.75, 3.05) is 5.32 Å². The Balaban J connectivity index is 1.68. The first-order chi connectivity index (χ1) is 9.65. The first-order valence-electron chi connectivity index (χ1n) is 7.54. The van der Waals surface area contributed by atoms with Gasteiger partial charge in [0.1, 0.15) is 6.04 Å². The van der Waals surface area contributed by atoms with E-state index in [1.54, 1.807) is 0 Å². The van der Waals surface area contributed by atoms with Gasteiger partial charge in [-0.2, -0.15) is 0 Å². The molecule has 1 aliphatic heterocycles. The number of hydrazine groups is 1. The smallest absolute Gasteiger partial charge is 0.243 e. The fourth-order valence-corrected chi connectivity index (χ4v) is 3.34. The van der Waals surface area contributed by atoms with Crippen LogP contribution in [0, 0.1) is 19.8 Å². The molecule has 108 valence electrons. The topological polar surface area (TPSA) is 53.2 Å². The van der Waals surface area contributed by atoms with E-state index in [2.05, 4.69) is 36.1 Å². The summed E-state index contributed by atoms with van der Waals surface area (Å²) in [7, 11) is 0. The van der Waals surface area contributed by atoms with Crippen LogP contribution in [0.1, 0.15) is 36.8 Å². The number of amides is 1. The molecule has 3 unspecified atom stereocenters. The van der Waals surface area contributed by atoms with Crippen molar-refractivity contribution < 1.29 is 4.79 Å². The maximum absolute atomic E-state index is 12.5. The zero-order valence-electron chi connectivity index (χ0n) is 12.2. The van der Waals surface area contributed by atoms with E-state index >= 15 is 0 Å². The van der Waals surface area contributed by atoms with E-state index in [-0.39, 0.29) is 11.9 Å². The van der Waals surface area contributed by atoms with Gasteiger partial charge in [-0.15, -0.1) is 0 Å². The van der Waals surface area contributed by atoms with Crippen LogP contribution < -0.4 is 16.2 Å². The first-order valence-corrected chi connectivity index (χ1v) is 7.54. The number of aryl methyl sites for hydroxylation is 2. The van der Waals surface area contributed by atoms with Gasteiger partial charge < -0.3 is 5.32 Å². The Morgan fingerprint density at radius 2 is 1.95 bits per heavy atom. The predicted molar refractivity (Wildman–Crippen MR) is 80.4 cm³/mol. The predicted octanol–water partition coefficient (Wildman–Crippen LogP) is 2.28. The molecule has 0 aromatic heterocycles. The summed E-state index contributed by atoms with van der Waals surface area (Å²) in [5.41, 5.74) is 9.81. The molecule has 1 heterocycles. The highest BCUT2D eigenvalue weighted by Crippen LogP contribution is 2.30. The van der Waals surface area contributed by atoms with E-state index < -0.39 is 0 Å². The number of benzene rings is 1. The van der Waals surface area contributed by atoms with Gasteiger partial charge in [-0.1, -0.05) is 18.9 Å². The normalized spacial score (nSPS) is 29.0. The largest absolute Gasteiger partial charge is 0.325 e. The molecule has 1 saturated heterocycles. The molecule has 4 heteroatoms. The molecule has 4 nitrogen and oxygen atoms in total. The maximum Gasteiger partial charge on any atom is 0.243 e. The zero-order chi connectivity index (χ0) is 14.1. The van der Waals surface area contributed by atoms with Crippen LogP contribution in [0.25, 0.3) is 0 Å². The summed E-state index contributed by atoms with van der Waals surface area (Å²) in [5, 5.41) is 3.04. The van der Waals surface area contributed by atoms with Crippen LogP contribution in [0.3, 0.4) is 0 Å². The second-order valence-corrected chi connectivity index (χ2v) is 6.11. The monoisotopic (exact) mass is 273 g/mol. The standard InChI is InChI=1S/C16H23N3O/c1-10-7-8-12(9-11(10)2)17-16(20)15-13-5-3-4-6-14(13)18-19-15/h7-9,13-15,18-19H,3-6H2,1-2H3,(H,17,20). The fraction of sp³-hybridized carbons (Fsp3) is 0.562. The van der Waals surface area contributed by atoms with Gasteiger partial charge >= 0.3 is 0 Å². The number of carbonyl (C=O) groups excluding carboxylic acids is 1. The lowest BCUT2D eigenvalue weighted by atomic mass is 9.81. The molecule has 1 aromatic rings. The number of carbonyl (C=O) groups is 1. The Labute approximate surface area is 120 Å². The van der Waals surface area contributed by atoms with Crippen LogP contribution in [0.2, 0.25) is 0 Å². The molecule has 1 aromatic carbocycles. The summed E-state index contributed by atoms with van der Waals surface area (Å²) >= 11 is 0. The lowest BCUT2D eigenvalue weighted by molar-refractivity contribution is -0.118. The second kappa shape index (κ2) is 5.54. The van der Waals surface area contributed by atoms with Gasteiger partial charge in [0.2, 0.25) is 5.91 Å². The van der Waals surface area contributed by atoms with E-state index in [9.17, 15) is 4.79 Å². The Hall–Kier alpha value is -1.39. The average molecular weight is 273 g/mol. The molecule has 1 aliphatic carbocycles. The van der Waals surface area contributed by atoms with Gasteiger partial charge in [-0.3, -0.25) is 10.2 Å². The number of fused-ring (bicyclic) bond motifs is 1.